The Labute approximate surface area is 165 Å². The average molecular weight is 408 g/mol. The molecule has 2 aromatic carbocycles. The van der Waals surface area contributed by atoms with Crippen molar-refractivity contribution in [3.8, 4) is 28.5 Å². The number of nitriles is 1. The molecule has 6 heteroatoms. The molecule has 124 valence electrons. The first-order valence-electron chi connectivity index (χ1n) is 7.27. The van der Waals surface area contributed by atoms with Gasteiger partial charge in [0.05, 0.1) is 38.3 Å². The minimum absolute atomic E-state index is 0.200. The summed E-state index contributed by atoms with van der Waals surface area (Å²) in [6.07, 6.45) is 1.88. The van der Waals surface area contributed by atoms with Gasteiger partial charge in [0.1, 0.15) is 0 Å². The Morgan fingerprint density at radius 1 is 0.840 bits per heavy atom. The topological polar surface area (TPSA) is 36.7 Å². The second-order valence-electron chi connectivity index (χ2n) is 5.26. The normalized spacial score (nSPS) is 10.5. The molecule has 0 bridgehead atoms. The average Bonchev–Trinajstić information content (AvgIpc) is 2.60. The number of aromatic nitrogens is 1. The van der Waals surface area contributed by atoms with Gasteiger partial charge in [0, 0.05) is 22.9 Å². The standard InChI is InChI=1S/C19H10Cl4N2/c20-15-5-1-3-12(18(15)22)14-10-25-17(9-11(14)7-8-24)13-4-2-6-16(21)19(13)23/h1-6,9-10H,7H2. The molecule has 0 atom stereocenters. The van der Waals surface area contributed by atoms with Gasteiger partial charge in [-0.25, -0.2) is 0 Å². The molecule has 0 amide bonds. The molecule has 2 nitrogen and oxygen atoms in total. The van der Waals surface area contributed by atoms with E-state index in [1.54, 1.807) is 30.5 Å². The van der Waals surface area contributed by atoms with Crippen LogP contribution < -0.4 is 0 Å². The van der Waals surface area contributed by atoms with E-state index in [0.717, 1.165) is 16.7 Å². The van der Waals surface area contributed by atoms with Crippen molar-refractivity contribution in [1.82, 2.24) is 4.98 Å². The molecule has 0 aliphatic rings. The van der Waals surface area contributed by atoms with E-state index in [1.807, 2.05) is 18.2 Å². The fourth-order valence-corrected chi connectivity index (χ4v) is 3.33. The molecular weight excluding hydrogens is 398 g/mol. The summed E-state index contributed by atoms with van der Waals surface area (Å²) in [4.78, 5) is 4.49. The van der Waals surface area contributed by atoms with Crippen LogP contribution >= 0.6 is 46.4 Å². The molecule has 0 N–H and O–H groups in total. The van der Waals surface area contributed by atoms with Crippen LogP contribution in [0, 0.1) is 11.3 Å². The van der Waals surface area contributed by atoms with Gasteiger partial charge in [-0.2, -0.15) is 5.26 Å². The van der Waals surface area contributed by atoms with E-state index in [1.165, 1.54) is 0 Å². The summed E-state index contributed by atoms with van der Waals surface area (Å²) >= 11 is 24.8. The quantitative estimate of drug-likeness (QED) is 0.464. The number of rotatable bonds is 3. The predicted octanol–water partition coefficient (Wildman–Crippen LogP) is 7.10. The van der Waals surface area contributed by atoms with Crippen molar-refractivity contribution in [2.45, 2.75) is 6.42 Å². The summed E-state index contributed by atoms with van der Waals surface area (Å²) in [6.45, 7) is 0. The molecule has 3 rings (SSSR count). The molecule has 0 radical (unpaired) electrons. The zero-order valence-electron chi connectivity index (χ0n) is 12.7. The lowest BCUT2D eigenvalue weighted by Crippen LogP contribution is -1.95. The maximum absolute atomic E-state index is 9.20. The van der Waals surface area contributed by atoms with Crippen LogP contribution in [0.5, 0.6) is 0 Å². The molecule has 0 unspecified atom stereocenters. The lowest BCUT2D eigenvalue weighted by atomic mass is 9.98. The van der Waals surface area contributed by atoms with Gasteiger partial charge in [0.15, 0.2) is 0 Å². The van der Waals surface area contributed by atoms with Crippen molar-refractivity contribution in [1.29, 1.82) is 5.26 Å². The van der Waals surface area contributed by atoms with E-state index in [2.05, 4.69) is 11.1 Å². The Hall–Kier alpha value is -1.76. The van der Waals surface area contributed by atoms with Crippen LogP contribution in [-0.2, 0) is 6.42 Å². The van der Waals surface area contributed by atoms with Crippen molar-refractivity contribution in [2.24, 2.45) is 0 Å². The largest absolute Gasteiger partial charge is 0.256 e. The van der Waals surface area contributed by atoms with Crippen LogP contribution in [0.1, 0.15) is 5.56 Å². The van der Waals surface area contributed by atoms with E-state index >= 15 is 0 Å². The highest BCUT2D eigenvalue weighted by molar-refractivity contribution is 6.44. The molecule has 1 aromatic heterocycles. The van der Waals surface area contributed by atoms with Gasteiger partial charge in [-0.05, 0) is 23.8 Å². The van der Waals surface area contributed by atoms with Crippen molar-refractivity contribution in [2.75, 3.05) is 0 Å². The molecule has 0 aliphatic heterocycles. The lowest BCUT2D eigenvalue weighted by Gasteiger charge is -2.12. The Kier molecular flexibility index (Phi) is 5.51. The molecule has 0 fully saturated rings. The van der Waals surface area contributed by atoms with Gasteiger partial charge >= 0.3 is 0 Å². The molecule has 0 spiro atoms. The first-order valence-corrected chi connectivity index (χ1v) is 8.78. The summed E-state index contributed by atoms with van der Waals surface area (Å²) in [5.74, 6) is 0. The fraction of sp³-hybridized carbons (Fsp3) is 0.0526. The SMILES string of the molecule is N#CCc1cc(-c2cccc(Cl)c2Cl)ncc1-c1cccc(Cl)c1Cl. The lowest BCUT2D eigenvalue weighted by molar-refractivity contribution is 1.22. The fourth-order valence-electron chi connectivity index (χ4n) is 2.53. The van der Waals surface area contributed by atoms with Gasteiger partial charge < -0.3 is 0 Å². The van der Waals surface area contributed by atoms with Gasteiger partial charge in [-0.15, -0.1) is 0 Å². The Bertz CT molecular complexity index is 993. The van der Waals surface area contributed by atoms with Gasteiger partial charge in [0.25, 0.3) is 0 Å². The highest BCUT2D eigenvalue weighted by Gasteiger charge is 2.15. The summed E-state index contributed by atoms with van der Waals surface area (Å²) in [7, 11) is 0. The molecule has 25 heavy (non-hydrogen) atoms. The third-order valence-corrected chi connectivity index (χ3v) is 5.37. The molecule has 1 heterocycles. The minimum atomic E-state index is 0.200. The number of pyridine rings is 1. The van der Waals surface area contributed by atoms with E-state index < -0.39 is 0 Å². The third kappa shape index (κ3) is 3.61. The minimum Gasteiger partial charge on any atom is -0.256 e. The van der Waals surface area contributed by atoms with E-state index in [9.17, 15) is 5.26 Å². The van der Waals surface area contributed by atoms with Crippen molar-refractivity contribution in [3.63, 3.8) is 0 Å². The van der Waals surface area contributed by atoms with Crippen LogP contribution in [-0.4, -0.2) is 4.98 Å². The van der Waals surface area contributed by atoms with Crippen LogP contribution in [0.15, 0.2) is 48.7 Å². The highest BCUT2D eigenvalue weighted by Crippen LogP contribution is 2.38. The molecule has 3 aromatic rings. The Morgan fingerprint density at radius 3 is 2.08 bits per heavy atom. The second-order valence-corrected chi connectivity index (χ2v) is 6.83. The maximum atomic E-state index is 9.20. The Balaban J connectivity index is 2.19. The second kappa shape index (κ2) is 7.64. The van der Waals surface area contributed by atoms with Gasteiger partial charge in [-0.1, -0.05) is 70.7 Å². The van der Waals surface area contributed by atoms with Crippen molar-refractivity contribution in [3.05, 3.63) is 74.3 Å². The smallest absolute Gasteiger partial charge is 0.0721 e. The van der Waals surface area contributed by atoms with E-state index in [-0.39, 0.29) is 6.42 Å². The molecular formula is C19H10Cl4N2. The summed E-state index contributed by atoms with van der Waals surface area (Å²) in [5, 5.41) is 10.9. The molecule has 0 saturated heterocycles. The van der Waals surface area contributed by atoms with Crippen molar-refractivity contribution < 1.29 is 0 Å². The Morgan fingerprint density at radius 2 is 1.44 bits per heavy atom. The third-order valence-electron chi connectivity index (χ3n) is 3.73. The first-order chi connectivity index (χ1) is 12.0. The van der Waals surface area contributed by atoms with Gasteiger partial charge in [-0.3, -0.25) is 4.98 Å². The predicted molar refractivity (Wildman–Crippen MR) is 104 cm³/mol. The number of hydrogen-bond donors (Lipinski definition) is 0. The molecule has 0 saturated carbocycles. The number of hydrogen-bond acceptors (Lipinski definition) is 2. The number of benzene rings is 2. The van der Waals surface area contributed by atoms with E-state index in [0.29, 0.717) is 31.3 Å². The van der Waals surface area contributed by atoms with Crippen LogP contribution in [0.25, 0.3) is 22.4 Å². The zero-order valence-corrected chi connectivity index (χ0v) is 15.8. The maximum Gasteiger partial charge on any atom is 0.0721 e. The number of halogens is 4. The van der Waals surface area contributed by atoms with Crippen molar-refractivity contribution >= 4 is 46.4 Å². The van der Waals surface area contributed by atoms with E-state index in [4.69, 9.17) is 46.4 Å². The van der Waals surface area contributed by atoms with Crippen LogP contribution in [0.3, 0.4) is 0 Å². The number of nitrogens with zero attached hydrogens (tertiary/aromatic N) is 2. The summed E-state index contributed by atoms with van der Waals surface area (Å²) in [5.41, 5.74) is 3.62. The molecule has 0 aliphatic carbocycles. The summed E-state index contributed by atoms with van der Waals surface area (Å²) < 4.78 is 0. The highest BCUT2D eigenvalue weighted by atomic mass is 35.5. The summed E-state index contributed by atoms with van der Waals surface area (Å²) in [6, 6.07) is 14.7. The van der Waals surface area contributed by atoms with Crippen LogP contribution in [0.4, 0.5) is 0 Å². The zero-order chi connectivity index (χ0) is 18.0. The van der Waals surface area contributed by atoms with Gasteiger partial charge in [0.2, 0.25) is 0 Å². The van der Waals surface area contributed by atoms with Crippen LogP contribution in [0.2, 0.25) is 20.1 Å². The first kappa shape index (κ1) is 18.0. The monoisotopic (exact) mass is 406 g/mol.